The molecule has 4 unspecified atom stereocenters. The first-order valence-electron chi connectivity index (χ1n) is 11.0. The molecule has 0 amide bonds. The number of carbonyl (C=O) groups is 1. The van der Waals surface area contributed by atoms with Gasteiger partial charge in [0.15, 0.2) is 24.4 Å². The number of hydrogen-bond acceptors (Lipinski definition) is 7. The second-order valence-electron chi connectivity index (χ2n) is 7.74. The zero-order valence-corrected chi connectivity index (χ0v) is 23.2. The molecule has 0 fully saturated rings. The van der Waals surface area contributed by atoms with Gasteiger partial charge in [0.25, 0.3) is 0 Å². The van der Waals surface area contributed by atoms with E-state index in [1.54, 1.807) is 6.92 Å². The normalized spacial score (nSPS) is 14.5. The molecule has 0 radical (unpaired) electrons. The number of alkyl halides is 6. The quantitative estimate of drug-likeness (QED) is 0.166. The minimum atomic E-state index is -5.22. The number of halogens is 6. The van der Waals surface area contributed by atoms with Crippen molar-refractivity contribution in [2.24, 2.45) is 0 Å². The summed E-state index contributed by atoms with van der Waals surface area (Å²) in [6, 6.07) is 4.03. The first-order chi connectivity index (χ1) is 17.6. The summed E-state index contributed by atoms with van der Waals surface area (Å²) in [7, 11) is 2.71. The molecule has 0 bridgehead atoms. The van der Waals surface area contributed by atoms with Crippen LogP contribution >= 0.6 is 8.58 Å². The standard InChI is InChI=1S/C24H27F6O7P.Li.H/c1-12(32-4)35-15-10-18(36-13(2)33-5)21(19(11-15)37-14(3)34-6)38-22(31)20-16(23(25,26)27)8-7-9-17(20)24(28,29)30;;/h7-14,38H,1-6H3;;/q;+1;-1. The molecule has 7 nitrogen and oxygen atoms in total. The van der Waals surface area contributed by atoms with Crippen molar-refractivity contribution in [2.75, 3.05) is 21.3 Å². The molecule has 0 saturated heterocycles. The van der Waals surface area contributed by atoms with Gasteiger partial charge in [0.05, 0.1) is 16.4 Å². The molecular weight excluding hydrogens is 552 g/mol. The van der Waals surface area contributed by atoms with Crippen LogP contribution in [0.25, 0.3) is 0 Å². The van der Waals surface area contributed by atoms with Crippen molar-refractivity contribution in [3.63, 3.8) is 0 Å². The SMILES string of the molecule is COC(C)Oc1cc(OC(C)OC)c(PC(=O)c2c(C(F)(F)F)cccc2C(F)(F)F)c(OC(C)OC)c1.[H-].[Li+]. The minimum absolute atomic E-state index is 0. The summed E-state index contributed by atoms with van der Waals surface area (Å²) >= 11 is 0. The van der Waals surface area contributed by atoms with Crippen LogP contribution in [0.4, 0.5) is 26.3 Å². The molecule has 0 spiro atoms. The third-order valence-corrected chi connectivity index (χ3v) is 6.28. The Morgan fingerprint density at radius 2 is 1.15 bits per heavy atom. The van der Waals surface area contributed by atoms with Crippen LogP contribution in [-0.4, -0.2) is 45.7 Å². The van der Waals surface area contributed by atoms with Gasteiger partial charge < -0.3 is 29.8 Å². The van der Waals surface area contributed by atoms with E-state index in [4.69, 9.17) is 28.4 Å². The van der Waals surface area contributed by atoms with Crippen molar-refractivity contribution in [1.29, 1.82) is 0 Å². The Labute approximate surface area is 236 Å². The Balaban J connectivity index is 0.00000760. The largest absolute Gasteiger partial charge is 1.00 e. The first kappa shape index (κ1) is 35.0. The van der Waals surface area contributed by atoms with Gasteiger partial charge in [-0.1, -0.05) is 6.07 Å². The molecule has 0 saturated carbocycles. The van der Waals surface area contributed by atoms with Crippen LogP contribution in [-0.2, 0) is 26.6 Å². The summed E-state index contributed by atoms with van der Waals surface area (Å²) < 4.78 is 114. The minimum Gasteiger partial charge on any atom is -1.00 e. The van der Waals surface area contributed by atoms with Crippen LogP contribution < -0.4 is 38.4 Å². The van der Waals surface area contributed by atoms with Crippen molar-refractivity contribution in [2.45, 2.75) is 52.0 Å². The zero-order valence-electron chi connectivity index (χ0n) is 23.2. The maximum Gasteiger partial charge on any atom is 1.00 e. The fourth-order valence-electron chi connectivity index (χ4n) is 3.08. The second kappa shape index (κ2) is 14.6. The Hall–Kier alpha value is -2.00. The summed E-state index contributed by atoms with van der Waals surface area (Å²) in [6.45, 7) is 4.54. The average Bonchev–Trinajstić information content (AvgIpc) is 2.83. The van der Waals surface area contributed by atoms with Crippen molar-refractivity contribution >= 4 is 19.4 Å². The predicted octanol–water partition coefficient (Wildman–Crippen LogP) is 3.10. The van der Waals surface area contributed by atoms with Gasteiger partial charge in [-0.15, -0.1) is 0 Å². The van der Waals surface area contributed by atoms with Crippen LogP contribution in [0, 0.1) is 0 Å². The van der Waals surface area contributed by atoms with E-state index in [-0.39, 0.29) is 42.8 Å². The number of methoxy groups -OCH3 is 3. The molecule has 2 rings (SSSR count). The van der Waals surface area contributed by atoms with Crippen molar-refractivity contribution < 1.29 is 79.8 Å². The van der Waals surface area contributed by atoms with Crippen LogP contribution in [0.1, 0.15) is 43.7 Å². The zero-order chi connectivity index (χ0) is 28.8. The van der Waals surface area contributed by atoms with E-state index >= 15 is 0 Å². The van der Waals surface area contributed by atoms with E-state index < -0.39 is 62.0 Å². The van der Waals surface area contributed by atoms with Crippen LogP contribution in [0.15, 0.2) is 30.3 Å². The summed E-state index contributed by atoms with van der Waals surface area (Å²) in [4.78, 5) is 13.3. The third-order valence-electron chi connectivity index (χ3n) is 5.06. The molecular formula is C24H28F6LiO7P. The smallest absolute Gasteiger partial charge is 1.00 e. The molecule has 2 aromatic carbocycles. The van der Waals surface area contributed by atoms with E-state index in [0.29, 0.717) is 18.2 Å². The van der Waals surface area contributed by atoms with E-state index in [1.807, 2.05) is 0 Å². The van der Waals surface area contributed by atoms with Gasteiger partial charge in [-0.25, -0.2) is 0 Å². The Kier molecular flexibility index (Phi) is 13.1. The van der Waals surface area contributed by atoms with Gasteiger partial charge in [-0.3, -0.25) is 4.79 Å². The Bertz CT molecular complexity index is 1050. The molecule has 0 aliphatic rings. The van der Waals surface area contributed by atoms with Crippen LogP contribution in [0.2, 0.25) is 0 Å². The first-order valence-corrected chi connectivity index (χ1v) is 12.0. The molecule has 0 aliphatic carbocycles. The maximum absolute atomic E-state index is 13.7. The van der Waals surface area contributed by atoms with E-state index in [9.17, 15) is 31.1 Å². The second-order valence-corrected chi connectivity index (χ2v) is 8.94. The van der Waals surface area contributed by atoms with Gasteiger partial charge in [-0.2, -0.15) is 26.3 Å². The molecule has 2 aromatic rings. The van der Waals surface area contributed by atoms with Crippen molar-refractivity contribution in [3.8, 4) is 17.2 Å². The number of benzene rings is 2. The van der Waals surface area contributed by atoms with E-state index in [2.05, 4.69) is 0 Å². The summed E-state index contributed by atoms with van der Waals surface area (Å²) in [6.07, 6.45) is -13.1. The Morgan fingerprint density at radius 3 is 1.51 bits per heavy atom. The fourth-order valence-corrected chi connectivity index (χ4v) is 4.21. The van der Waals surface area contributed by atoms with Crippen LogP contribution in [0.5, 0.6) is 17.2 Å². The molecule has 0 N–H and O–H groups in total. The molecule has 39 heavy (non-hydrogen) atoms. The van der Waals surface area contributed by atoms with Gasteiger partial charge in [-0.05, 0) is 41.5 Å². The molecule has 15 heteroatoms. The molecule has 0 aliphatic heterocycles. The number of ether oxygens (including phenoxy) is 6. The van der Waals surface area contributed by atoms with Crippen molar-refractivity contribution in [1.82, 2.24) is 0 Å². The molecule has 0 heterocycles. The predicted molar refractivity (Wildman–Crippen MR) is 128 cm³/mol. The number of carbonyl (C=O) groups excluding carboxylic acids is 1. The van der Waals surface area contributed by atoms with Gasteiger partial charge in [0, 0.05) is 39.0 Å². The molecule has 0 aromatic heterocycles. The molecule has 4 atom stereocenters. The van der Waals surface area contributed by atoms with Crippen LogP contribution in [0.3, 0.4) is 0 Å². The average molecular weight is 580 g/mol. The van der Waals surface area contributed by atoms with Gasteiger partial charge >= 0.3 is 31.2 Å². The van der Waals surface area contributed by atoms with Gasteiger partial charge in [0.2, 0.25) is 0 Å². The number of hydrogen-bond donors (Lipinski definition) is 0. The molecule has 214 valence electrons. The van der Waals surface area contributed by atoms with Gasteiger partial charge in [0.1, 0.15) is 17.2 Å². The summed E-state index contributed by atoms with van der Waals surface area (Å²) in [5, 5.41) is -0.120. The number of rotatable bonds is 12. The summed E-state index contributed by atoms with van der Waals surface area (Å²) in [5.74, 6) is -0.130. The maximum atomic E-state index is 13.7. The fraction of sp³-hybridized carbons (Fsp3) is 0.458. The van der Waals surface area contributed by atoms with Crippen molar-refractivity contribution in [3.05, 3.63) is 47.0 Å². The monoisotopic (exact) mass is 580 g/mol. The topological polar surface area (TPSA) is 72.5 Å². The third kappa shape index (κ3) is 9.55. The summed E-state index contributed by atoms with van der Waals surface area (Å²) in [5.41, 5.74) is -6.36. The van der Waals surface area contributed by atoms with E-state index in [0.717, 1.165) is 0 Å². The Morgan fingerprint density at radius 1 is 0.769 bits per heavy atom. The van der Waals surface area contributed by atoms with E-state index in [1.165, 1.54) is 47.3 Å².